The van der Waals surface area contributed by atoms with Crippen molar-refractivity contribution in [1.29, 1.82) is 0 Å². The SMILES string of the molecule is O=S(=O)([O-])CF.O=S(=O)([O-])CF.O=S(=O)([O-])CF.[Ru+3]. The average molecular weight is 440 g/mol. The van der Waals surface area contributed by atoms with Crippen LogP contribution in [0.15, 0.2) is 0 Å². The van der Waals surface area contributed by atoms with Crippen LogP contribution in [0.3, 0.4) is 0 Å². The summed E-state index contributed by atoms with van der Waals surface area (Å²) < 4.78 is 113. The van der Waals surface area contributed by atoms with Crippen LogP contribution in [0.2, 0.25) is 0 Å². The van der Waals surface area contributed by atoms with E-state index in [1.807, 2.05) is 0 Å². The largest absolute Gasteiger partial charge is 3.00 e. The fourth-order valence-corrected chi connectivity index (χ4v) is 0. The Morgan fingerprint density at radius 3 is 0.632 bits per heavy atom. The maximum absolute atomic E-state index is 10.6. The standard InChI is InChI=1S/3CH3FO3S.Ru/c3*2-1-6(3,4)5;/h3*1H2,(H,3,4,5);/q;;;+3/p-3. The molecule has 9 nitrogen and oxygen atoms in total. The van der Waals surface area contributed by atoms with E-state index in [4.69, 9.17) is 38.9 Å². The Balaban J connectivity index is -0.0000000865. The first-order valence-electron chi connectivity index (χ1n) is 3.17. The van der Waals surface area contributed by atoms with Crippen molar-refractivity contribution in [3.8, 4) is 0 Å². The van der Waals surface area contributed by atoms with Crippen LogP contribution in [0.5, 0.6) is 0 Å². The molecule has 0 saturated carbocycles. The third kappa shape index (κ3) is 56.6. The van der Waals surface area contributed by atoms with Gasteiger partial charge in [0.25, 0.3) is 0 Å². The molecule has 0 aliphatic carbocycles. The van der Waals surface area contributed by atoms with E-state index >= 15 is 0 Å². The third-order valence-corrected chi connectivity index (χ3v) is 1.20. The van der Waals surface area contributed by atoms with Gasteiger partial charge >= 0.3 is 19.5 Å². The molecule has 119 valence electrons. The fraction of sp³-hybridized carbons (Fsp3) is 1.00. The fourth-order valence-electron chi connectivity index (χ4n) is 0. The van der Waals surface area contributed by atoms with E-state index < -0.39 is 48.4 Å². The summed E-state index contributed by atoms with van der Waals surface area (Å²) in [7, 11) is -13.7. The van der Waals surface area contributed by atoms with Gasteiger partial charge in [-0.15, -0.1) is 0 Å². The van der Waals surface area contributed by atoms with E-state index in [0.717, 1.165) is 0 Å². The molecule has 0 aromatic rings. The van der Waals surface area contributed by atoms with Crippen LogP contribution in [0.4, 0.5) is 13.2 Å². The van der Waals surface area contributed by atoms with Gasteiger partial charge in [0, 0.05) is 0 Å². The van der Waals surface area contributed by atoms with E-state index in [1.54, 1.807) is 0 Å². The number of alkyl halides is 3. The summed E-state index contributed by atoms with van der Waals surface area (Å²) in [5.74, 6) is 0. The molecule has 0 aliphatic rings. The monoisotopic (exact) mass is 441 g/mol. The minimum atomic E-state index is -4.58. The van der Waals surface area contributed by atoms with Crippen molar-refractivity contribution in [2.45, 2.75) is 0 Å². The molecule has 0 heterocycles. The molecule has 0 aliphatic heterocycles. The van der Waals surface area contributed by atoms with Crippen molar-refractivity contribution >= 4 is 30.4 Å². The van der Waals surface area contributed by atoms with Gasteiger partial charge in [-0.3, -0.25) is 0 Å². The van der Waals surface area contributed by atoms with Gasteiger partial charge < -0.3 is 13.7 Å². The number of hydrogen-bond acceptors (Lipinski definition) is 9. The molecule has 0 spiro atoms. The van der Waals surface area contributed by atoms with Crippen molar-refractivity contribution in [3.05, 3.63) is 0 Å². The number of hydrogen-bond donors (Lipinski definition) is 0. The first-order chi connectivity index (χ1) is 7.68. The Labute approximate surface area is 120 Å². The van der Waals surface area contributed by atoms with E-state index in [2.05, 4.69) is 0 Å². The molecule has 0 aromatic heterocycles. The Kier molecular flexibility index (Phi) is 17.3. The minimum absolute atomic E-state index is 0. The average Bonchev–Trinajstić information content (AvgIpc) is 2.16. The topological polar surface area (TPSA) is 172 Å². The molecule has 1 radical (unpaired) electrons. The van der Waals surface area contributed by atoms with Crippen LogP contribution in [0.1, 0.15) is 0 Å². The maximum Gasteiger partial charge on any atom is 3.00 e. The first kappa shape index (κ1) is 27.5. The van der Waals surface area contributed by atoms with Gasteiger partial charge in [-0.1, -0.05) is 0 Å². The van der Waals surface area contributed by atoms with Crippen molar-refractivity contribution in [2.24, 2.45) is 0 Å². The molecule has 0 bridgehead atoms. The van der Waals surface area contributed by atoms with Crippen LogP contribution in [-0.2, 0) is 49.8 Å². The van der Waals surface area contributed by atoms with Crippen molar-refractivity contribution in [1.82, 2.24) is 0 Å². The summed E-state index contributed by atoms with van der Waals surface area (Å²) in [4.78, 5) is 0. The quantitative estimate of drug-likeness (QED) is 0.369. The van der Waals surface area contributed by atoms with E-state index in [9.17, 15) is 13.2 Å². The van der Waals surface area contributed by atoms with E-state index in [0.29, 0.717) is 0 Å². The molecular weight excluding hydrogens is 434 g/mol. The molecular formula is C3H6F3O9RuS3. The Morgan fingerprint density at radius 2 is 0.632 bits per heavy atom. The predicted octanol–water partition coefficient (Wildman–Crippen LogP) is -1.63. The van der Waals surface area contributed by atoms with Crippen LogP contribution < -0.4 is 0 Å². The Hall–Kier alpha value is 0.143. The van der Waals surface area contributed by atoms with Gasteiger partial charge in [0.2, 0.25) is 0 Å². The summed E-state index contributed by atoms with van der Waals surface area (Å²) in [5, 5.41) is 0. The summed E-state index contributed by atoms with van der Waals surface area (Å²) in [6, 6.07) is -5.44. The first-order valence-corrected chi connectivity index (χ1v) is 7.90. The smallest absolute Gasteiger partial charge is 0.746 e. The summed E-state index contributed by atoms with van der Waals surface area (Å²) >= 11 is 0. The zero-order valence-corrected chi connectivity index (χ0v) is 12.7. The van der Waals surface area contributed by atoms with Gasteiger partial charge in [0.15, 0.2) is 18.0 Å². The molecule has 0 unspecified atom stereocenters. The van der Waals surface area contributed by atoms with Gasteiger partial charge in [0.05, 0.1) is 0 Å². The van der Waals surface area contributed by atoms with Crippen molar-refractivity contribution < 1.29 is 71.6 Å². The molecule has 19 heavy (non-hydrogen) atoms. The van der Waals surface area contributed by atoms with Crippen LogP contribution >= 0.6 is 0 Å². The Bertz CT molecular complexity index is 420. The molecule has 0 rings (SSSR count). The second kappa shape index (κ2) is 11.9. The third-order valence-electron chi connectivity index (χ3n) is 0.401. The predicted molar refractivity (Wildman–Crippen MR) is 47.0 cm³/mol. The van der Waals surface area contributed by atoms with Gasteiger partial charge in [-0.05, 0) is 0 Å². The normalized spacial score (nSPS) is 11.1. The molecule has 0 saturated heterocycles. The van der Waals surface area contributed by atoms with Gasteiger partial charge in [-0.2, -0.15) is 0 Å². The van der Waals surface area contributed by atoms with Gasteiger partial charge in [-0.25, -0.2) is 38.4 Å². The van der Waals surface area contributed by atoms with Crippen LogP contribution in [0.25, 0.3) is 0 Å². The zero-order chi connectivity index (χ0) is 15.6. The summed E-state index contributed by atoms with van der Waals surface area (Å²) in [6.45, 7) is 0. The Morgan fingerprint density at radius 1 is 0.579 bits per heavy atom. The summed E-state index contributed by atoms with van der Waals surface area (Å²) in [5.41, 5.74) is 0. The minimum Gasteiger partial charge on any atom is -0.746 e. The second-order valence-corrected chi connectivity index (χ2v) is 6.00. The van der Waals surface area contributed by atoms with Gasteiger partial charge in [0.1, 0.15) is 30.4 Å². The second-order valence-electron chi connectivity index (χ2n) is 2.00. The number of rotatable bonds is 3. The van der Waals surface area contributed by atoms with E-state index in [1.165, 1.54) is 0 Å². The maximum atomic E-state index is 10.6. The van der Waals surface area contributed by atoms with Crippen molar-refractivity contribution in [2.75, 3.05) is 18.0 Å². The molecule has 16 heteroatoms. The van der Waals surface area contributed by atoms with E-state index in [-0.39, 0.29) is 19.5 Å². The van der Waals surface area contributed by atoms with Crippen molar-refractivity contribution in [3.63, 3.8) is 0 Å². The molecule has 0 fully saturated rings. The van der Waals surface area contributed by atoms with Crippen LogP contribution in [-0.4, -0.2) is 56.9 Å². The number of halogens is 3. The molecule has 0 atom stereocenters. The molecule has 0 aromatic carbocycles. The van der Waals surface area contributed by atoms with Crippen LogP contribution in [0, 0.1) is 0 Å². The zero-order valence-electron chi connectivity index (χ0n) is 8.51. The molecule has 0 N–H and O–H groups in total. The summed E-state index contributed by atoms with van der Waals surface area (Å²) in [6.07, 6.45) is 0. The molecule has 0 amide bonds.